The van der Waals surface area contributed by atoms with E-state index in [1.165, 1.54) is 0 Å². The molecule has 0 N–H and O–H groups in total. The van der Waals surface area contributed by atoms with E-state index in [9.17, 15) is 4.79 Å². The maximum absolute atomic E-state index is 12.1. The van der Waals surface area contributed by atoms with Gasteiger partial charge in [0.2, 0.25) is 0 Å². The van der Waals surface area contributed by atoms with E-state index in [1.807, 2.05) is 52.9 Å². The van der Waals surface area contributed by atoms with Gasteiger partial charge in [0.25, 0.3) is 0 Å². The van der Waals surface area contributed by atoms with Gasteiger partial charge >= 0.3 is 6.09 Å². The van der Waals surface area contributed by atoms with E-state index in [2.05, 4.69) is 9.88 Å². The number of nitrogens with zero attached hydrogens (tertiary/aromatic N) is 3. The van der Waals surface area contributed by atoms with E-state index in [0.29, 0.717) is 0 Å². The van der Waals surface area contributed by atoms with Crippen LogP contribution in [0.2, 0.25) is 0 Å². The molecule has 0 bridgehead atoms. The van der Waals surface area contributed by atoms with Gasteiger partial charge in [0.15, 0.2) is 0 Å². The molecule has 0 atom stereocenters. The Morgan fingerprint density at radius 1 is 1.32 bits per heavy atom. The molecule has 2 heterocycles. The molecule has 22 heavy (non-hydrogen) atoms. The van der Waals surface area contributed by atoms with E-state index < -0.39 is 5.60 Å². The Bertz CT molecular complexity index is 517. The van der Waals surface area contributed by atoms with Crippen LogP contribution in [-0.4, -0.2) is 47.8 Å². The molecule has 1 fully saturated rings. The first-order valence-corrected chi connectivity index (χ1v) is 7.91. The van der Waals surface area contributed by atoms with Crippen molar-refractivity contribution in [3.05, 3.63) is 23.9 Å². The highest BCUT2D eigenvalue weighted by Crippen LogP contribution is 2.22. The van der Waals surface area contributed by atoms with Crippen LogP contribution in [0.4, 0.5) is 10.6 Å². The lowest BCUT2D eigenvalue weighted by atomic mass is 10.0. The summed E-state index contributed by atoms with van der Waals surface area (Å²) in [4.78, 5) is 20.7. The van der Waals surface area contributed by atoms with Gasteiger partial charge in [-0.05, 0) is 52.7 Å². The third-order valence-corrected chi connectivity index (χ3v) is 3.89. The molecule has 2 rings (SSSR count). The minimum Gasteiger partial charge on any atom is -0.444 e. The predicted octanol–water partition coefficient (Wildman–Crippen LogP) is 3.23. The second-order valence-electron chi connectivity index (χ2n) is 6.95. The van der Waals surface area contributed by atoms with Crippen molar-refractivity contribution in [1.82, 2.24) is 9.88 Å². The number of carbonyl (C=O) groups excluding carboxylic acids is 1. The van der Waals surface area contributed by atoms with Crippen LogP contribution in [0.25, 0.3) is 0 Å². The van der Waals surface area contributed by atoms with E-state index >= 15 is 0 Å². The second-order valence-corrected chi connectivity index (χ2v) is 6.95. The van der Waals surface area contributed by atoms with Gasteiger partial charge in [0.1, 0.15) is 11.4 Å². The molecule has 0 unspecified atom stereocenters. The largest absolute Gasteiger partial charge is 0.444 e. The molecule has 1 aliphatic heterocycles. The summed E-state index contributed by atoms with van der Waals surface area (Å²) in [6, 6.07) is 6.32. The van der Waals surface area contributed by atoms with Crippen LogP contribution < -0.4 is 4.90 Å². The predicted molar refractivity (Wildman–Crippen MR) is 88.2 cm³/mol. The van der Waals surface area contributed by atoms with Crippen LogP contribution in [0.3, 0.4) is 0 Å². The van der Waals surface area contributed by atoms with Crippen molar-refractivity contribution in [3.63, 3.8) is 0 Å². The lowest BCUT2D eigenvalue weighted by Crippen LogP contribution is -2.47. The molecule has 0 saturated carbocycles. The van der Waals surface area contributed by atoms with Gasteiger partial charge in [-0.15, -0.1) is 0 Å². The summed E-state index contributed by atoms with van der Waals surface area (Å²) >= 11 is 0. The van der Waals surface area contributed by atoms with Gasteiger partial charge in [-0.25, -0.2) is 9.78 Å². The number of hydrogen-bond acceptors (Lipinski definition) is 4. The number of amides is 1. The second kappa shape index (κ2) is 6.55. The first-order valence-electron chi connectivity index (χ1n) is 7.91. The summed E-state index contributed by atoms with van der Waals surface area (Å²) in [5.41, 5.74) is 0.586. The first kappa shape index (κ1) is 16.6. The van der Waals surface area contributed by atoms with Crippen molar-refractivity contribution in [2.75, 3.05) is 25.0 Å². The zero-order valence-electron chi connectivity index (χ0n) is 14.3. The van der Waals surface area contributed by atoms with Gasteiger partial charge in [-0.2, -0.15) is 0 Å². The Labute approximate surface area is 133 Å². The monoisotopic (exact) mass is 305 g/mol. The van der Waals surface area contributed by atoms with E-state index in [1.54, 1.807) is 4.90 Å². The highest BCUT2D eigenvalue weighted by atomic mass is 16.6. The molecular formula is C17H27N3O2. The molecule has 0 radical (unpaired) electrons. The molecule has 5 nitrogen and oxygen atoms in total. The van der Waals surface area contributed by atoms with Crippen molar-refractivity contribution >= 4 is 11.9 Å². The van der Waals surface area contributed by atoms with Crippen molar-refractivity contribution in [3.8, 4) is 0 Å². The fraction of sp³-hybridized carbons (Fsp3) is 0.647. The van der Waals surface area contributed by atoms with Gasteiger partial charge < -0.3 is 14.5 Å². The van der Waals surface area contributed by atoms with Crippen LogP contribution in [0, 0.1) is 6.92 Å². The topological polar surface area (TPSA) is 45.7 Å². The minimum atomic E-state index is -0.447. The van der Waals surface area contributed by atoms with E-state index in [0.717, 1.165) is 37.4 Å². The zero-order chi connectivity index (χ0) is 16.3. The molecule has 1 amide bonds. The van der Waals surface area contributed by atoms with E-state index in [4.69, 9.17) is 4.74 Å². The Balaban J connectivity index is 1.90. The van der Waals surface area contributed by atoms with Gasteiger partial charge in [0, 0.05) is 31.9 Å². The summed E-state index contributed by atoms with van der Waals surface area (Å²) in [6.45, 7) is 9.51. The van der Waals surface area contributed by atoms with Crippen LogP contribution in [0.1, 0.15) is 39.3 Å². The third-order valence-electron chi connectivity index (χ3n) is 3.89. The highest BCUT2D eigenvalue weighted by Gasteiger charge is 2.28. The highest BCUT2D eigenvalue weighted by molar-refractivity contribution is 5.68. The number of aryl methyl sites for hydroxylation is 1. The normalized spacial score (nSPS) is 16.5. The van der Waals surface area contributed by atoms with Crippen molar-refractivity contribution in [2.24, 2.45) is 0 Å². The molecular weight excluding hydrogens is 278 g/mol. The van der Waals surface area contributed by atoms with Gasteiger partial charge in [-0.1, -0.05) is 6.07 Å². The number of anilines is 1. The molecule has 0 aliphatic carbocycles. The Morgan fingerprint density at radius 3 is 2.50 bits per heavy atom. The molecule has 0 spiro atoms. The average Bonchev–Trinajstić information content (AvgIpc) is 2.45. The van der Waals surface area contributed by atoms with Crippen molar-refractivity contribution in [1.29, 1.82) is 0 Å². The number of carbonyl (C=O) groups is 1. The zero-order valence-corrected chi connectivity index (χ0v) is 14.3. The molecule has 1 aliphatic rings. The standard InChI is InChI=1S/C17H27N3O2/c1-13-7-6-8-15(18-13)20-11-9-14(10-12-20)19(5)16(21)22-17(2,3)4/h6-8,14H,9-12H2,1-5H3. The number of rotatable bonds is 2. The maximum atomic E-state index is 12.1. The first-order chi connectivity index (χ1) is 10.3. The summed E-state index contributed by atoms with van der Waals surface area (Å²) < 4.78 is 5.44. The fourth-order valence-electron chi connectivity index (χ4n) is 2.67. The average molecular weight is 305 g/mol. The molecule has 1 aromatic heterocycles. The summed E-state index contributed by atoms with van der Waals surface area (Å²) in [6.07, 6.45) is 1.64. The summed E-state index contributed by atoms with van der Waals surface area (Å²) in [5.74, 6) is 1.03. The quantitative estimate of drug-likeness (QED) is 0.841. The number of ether oxygens (including phenoxy) is 1. The lowest BCUT2D eigenvalue weighted by molar-refractivity contribution is 0.0201. The van der Waals surface area contributed by atoms with Crippen LogP contribution in [0.5, 0.6) is 0 Å². The minimum absolute atomic E-state index is 0.232. The van der Waals surface area contributed by atoms with Crippen LogP contribution in [-0.2, 0) is 4.74 Å². The molecule has 0 aromatic carbocycles. The Morgan fingerprint density at radius 2 is 1.95 bits per heavy atom. The van der Waals surface area contributed by atoms with Crippen molar-refractivity contribution < 1.29 is 9.53 Å². The number of piperidine rings is 1. The number of aromatic nitrogens is 1. The van der Waals surface area contributed by atoms with Crippen LogP contribution in [0.15, 0.2) is 18.2 Å². The summed E-state index contributed by atoms with van der Waals surface area (Å²) in [5, 5.41) is 0. The number of hydrogen-bond donors (Lipinski definition) is 0. The smallest absolute Gasteiger partial charge is 0.410 e. The van der Waals surface area contributed by atoms with Crippen LogP contribution >= 0.6 is 0 Å². The fourth-order valence-corrected chi connectivity index (χ4v) is 2.67. The maximum Gasteiger partial charge on any atom is 0.410 e. The van der Waals surface area contributed by atoms with Gasteiger partial charge in [-0.3, -0.25) is 0 Å². The molecule has 1 aromatic rings. The third kappa shape index (κ3) is 4.36. The molecule has 122 valence electrons. The SMILES string of the molecule is Cc1cccc(N2CCC(N(C)C(=O)OC(C)(C)C)CC2)n1. The Kier molecular flexibility index (Phi) is 4.94. The van der Waals surface area contributed by atoms with Gasteiger partial charge in [0.05, 0.1) is 0 Å². The summed E-state index contributed by atoms with van der Waals surface area (Å²) in [7, 11) is 1.83. The van der Waals surface area contributed by atoms with Crippen molar-refractivity contribution in [2.45, 2.75) is 52.2 Å². The number of pyridine rings is 1. The lowest BCUT2D eigenvalue weighted by Gasteiger charge is -2.37. The molecule has 1 saturated heterocycles. The molecule has 5 heteroatoms. The van der Waals surface area contributed by atoms with E-state index in [-0.39, 0.29) is 12.1 Å². The Hall–Kier alpha value is -1.78.